The smallest absolute Gasteiger partial charge is 0.352 e. The van der Waals surface area contributed by atoms with Crippen LogP contribution < -0.4 is 5.32 Å². The zero-order valence-corrected chi connectivity index (χ0v) is 17.6. The fourth-order valence-electron chi connectivity index (χ4n) is 3.09. The Kier molecular flexibility index (Phi) is 5.61. The van der Waals surface area contributed by atoms with Crippen molar-refractivity contribution in [3.05, 3.63) is 33.7 Å². The molecule has 10 nitrogen and oxygen atoms in total. The number of tetrazole rings is 1. The van der Waals surface area contributed by atoms with Gasteiger partial charge in [-0.1, -0.05) is 17.8 Å². The number of hydrogen-bond acceptors (Lipinski definition) is 9. The molecule has 2 atom stereocenters. The second kappa shape index (κ2) is 8.16. The monoisotopic (exact) mass is 452 g/mol. The van der Waals surface area contributed by atoms with Crippen LogP contribution in [0.1, 0.15) is 4.88 Å². The minimum absolute atomic E-state index is 0.00914. The zero-order valence-electron chi connectivity index (χ0n) is 15.1. The Morgan fingerprint density at radius 3 is 2.93 bits per heavy atom. The molecular formula is C16H16N6O4S3. The number of rotatable bonds is 7. The number of aliphatic carboxylic acids is 1. The highest BCUT2D eigenvalue weighted by molar-refractivity contribution is 8.01. The summed E-state index contributed by atoms with van der Waals surface area (Å²) in [4.78, 5) is 38.9. The molecule has 152 valence electrons. The van der Waals surface area contributed by atoms with E-state index in [1.54, 1.807) is 7.05 Å². The van der Waals surface area contributed by atoms with Gasteiger partial charge in [0.1, 0.15) is 17.1 Å². The number of nitrogens with one attached hydrogen (secondary N) is 1. The molecule has 0 saturated carbocycles. The third-order valence-electron chi connectivity index (χ3n) is 4.44. The first-order valence-electron chi connectivity index (χ1n) is 8.52. The van der Waals surface area contributed by atoms with E-state index in [9.17, 15) is 19.5 Å². The average molecular weight is 453 g/mol. The number of carboxylic acid groups (broad SMARTS) is 1. The van der Waals surface area contributed by atoms with Gasteiger partial charge in [0.25, 0.3) is 5.91 Å². The highest BCUT2D eigenvalue weighted by atomic mass is 32.2. The third kappa shape index (κ3) is 3.89. The number of thioether (sulfide) groups is 2. The number of amides is 2. The van der Waals surface area contributed by atoms with E-state index in [4.69, 9.17) is 0 Å². The predicted octanol–water partition coefficient (Wildman–Crippen LogP) is 0.345. The molecule has 2 amide bonds. The van der Waals surface area contributed by atoms with Gasteiger partial charge in [0.2, 0.25) is 11.1 Å². The maximum Gasteiger partial charge on any atom is 0.352 e. The van der Waals surface area contributed by atoms with Crippen molar-refractivity contribution in [2.24, 2.45) is 7.05 Å². The number of β-lactam (4-membered cyclic amide) rings is 1. The maximum atomic E-state index is 12.6. The van der Waals surface area contributed by atoms with Gasteiger partial charge >= 0.3 is 5.97 Å². The van der Waals surface area contributed by atoms with Crippen LogP contribution in [0.3, 0.4) is 0 Å². The number of carboxylic acids is 1. The van der Waals surface area contributed by atoms with E-state index < -0.39 is 23.3 Å². The Labute approximate surface area is 177 Å². The van der Waals surface area contributed by atoms with Crippen LogP contribution in [0.4, 0.5) is 0 Å². The summed E-state index contributed by atoms with van der Waals surface area (Å²) >= 11 is 4.23. The minimum atomic E-state index is -1.15. The molecule has 29 heavy (non-hydrogen) atoms. The SMILES string of the molecule is Cn1nnnc1SCC1=C(C(=O)O)N2C(=O)C(NC(=O)Cc3cccs3)[C@@H]2SC1. The van der Waals surface area contributed by atoms with Crippen LogP contribution in [0.25, 0.3) is 0 Å². The summed E-state index contributed by atoms with van der Waals surface area (Å²) in [6, 6.07) is 3.01. The van der Waals surface area contributed by atoms with Crippen LogP contribution >= 0.6 is 34.9 Å². The van der Waals surface area contributed by atoms with Gasteiger partial charge in [-0.3, -0.25) is 14.5 Å². The number of aryl methyl sites for hydroxylation is 1. The van der Waals surface area contributed by atoms with E-state index in [0.29, 0.717) is 22.2 Å². The number of thiophene rings is 1. The van der Waals surface area contributed by atoms with Crippen LogP contribution in [-0.4, -0.2) is 70.9 Å². The van der Waals surface area contributed by atoms with Crippen molar-refractivity contribution in [1.29, 1.82) is 0 Å². The molecule has 0 bridgehead atoms. The molecule has 0 aromatic carbocycles. The molecule has 1 unspecified atom stereocenters. The largest absolute Gasteiger partial charge is 0.477 e. The Balaban J connectivity index is 1.45. The second-order valence-electron chi connectivity index (χ2n) is 6.34. The van der Waals surface area contributed by atoms with Crippen LogP contribution in [0.2, 0.25) is 0 Å². The summed E-state index contributed by atoms with van der Waals surface area (Å²) in [7, 11) is 1.70. The number of fused-ring (bicyclic) bond motifs is 1. The lowest BCUT2D eigenvalue weighted by Crippen LogP contribution is -2.70. The molecule has 2 aliphatic rings. The van der Waals surface area contributed by atoms with E-state index in [1.807, 2.05) is 17.5 Å². The lowest BCUT2D eigenvalue weighted by Gasteiger charge is -2.49. The summed E-state index contributed by atoms with van der Waals surface area (Å²) in [6.07, 6.45) is 0.202. The highest BCUT2D eigenvalue weighted by Gasteiger charge is 2.54. The fraction of sp³-hybridized carbons (Fsp3) is 0.375. The molecule has 2 aliphatic heterocycles. The average Bonchev–Trinajstić information content (AvgIpc) is 3.35. The number of nitrogens with zero attached hydrogens (tertiary/aromatic N) is 5. The molecule has 1 saturated heterocycles. The van der Waals surface area contributed by atoms with Crippen molar-refractivity contribution in [2.75, 3.05) is 11.5 Å². The molecule has 4 heterocycles. The number of aromatic nitrogens is 4. The van der Waals surface area contributed by atoms with Gasteiger partial charge in [-0.05, 0) is 27.4 Å². The van der Waals surface area contributed by atoms with Crippen molar-refractivity contribution in [1.82, 2.24) is 30.4 Å². The van der Waals surface area contributed by atoms with Crippen LogP contribution in [0, 0.1) is 0 Å². The molecule has 2 aromatic rings. The van der Waals surface area contributed by atoms with Crippen LogP contribution in [-0.2, 0) is 27.9 Å². The molecule has 13 heteroatoms. The van der Waals surface area contributed by atoms with Gasteiger partial charge in [0.05, 0.1) is 6.42 Å². The summed E-state index contributed by atoms with van der Waals surface area (Å²) in [5.74, 6) is -0.996. The van der Waals surface area contributed by atoms with E-state index >= 15 is 0 Å². The topological polar surface area (TPSA) is 130 Å². The Morgan fingerprint density at radius 1 is 1.45 bits per heavy atom. The molecule has 0 radical (unpaired) electrons. The van der Waals surface area contributed by atoms with Crippen molar-refractivity contribution in [2.45, 2.75) is 23.0 Å². The molecular weight excluding hydrogens is 436 g/mol. The lowest BCUT2D eigenvalue weighted by molar-refractivity contribution is -0.150. The van der Waals surface area contributed by atoms with Crippen molar-refractivity contribution < 1.29 is 19.5 Å². The van der Waals surface area contributed by atoms with Crippen molar-refractivity contribution >= 4 is 52.6 Å². The zero-order chi connectivity index (χ0) is 20.5. The van der Waals surface area contributed by atoms with E-state index in [0.717, 1.165) is 4.88 Å². The molecule has 2 N–H and O–H groups in total. The maximum absolute atomic E-state index is 12.6. The number of carbonyl (C=O) groups excluding carboxylic acids is 2. The van der Waals surface area contributed by atoms with E-state index in [2.05, 4.69) is 20.8 Å². The van der Waals surface area contributed by atoms with Gasteiger partial charge in [-0.25, -0.2) is 9.48 Å². The second-order valence-corrected chi connectivity index (χ2v) is 9.42. The predicted molar refractivity (Wildman–Crippen MR) is 107 cm³/mol. The molecule has 0 aliphatic carbocycles. The molecule has 2 aromatic heterocycles. The first kappa shape index (κ1) is 19.9. The Bertz CT molecular complexity index is 989. The summed E-state index contributed by atoms with van der Waals surface area (Å²) in [6.45, 7) is 0. The number of hydrogen-bond donors (Lipinski definition) is 2. The van der Waals surface area contributed by atoms with Crippen LogP contribution in [0.15, 0.2) is 33.9 Å². The standard InChI is InChI=1S/C16H16N6O4S3/c1-21-16(18-19-20-21)29-7-8-6-28-14-11(13(24)22(14)12(8)15(25)26)17-10(23)5-9-3-2-4-27-9/h2-4,11,14H,5-7H2,1H3,(H,17,23)(H,25,26)/t11?,14-/m0/s1. The van der Waals surface area contributed by atoms with Gasteiger partial charge in [-0.2, -0.15) is 0 Å². The van der Waals surface area contributed by atoms with Crippen molar-refractivity contribution in [3.63, 3.8) is 0 Å². The Morgan fingerprint density at radius 2 is 2.28 bits per heavy atom. The molecule has 1 fully saturated rings. The van der Waals surface area contributed by atoms with E-state index in [-0.39, 0.29) is 18.0 Å². The molecule has 0 spiro atoms. The third-order valence-corrected chi connectivity index (χ3v) is 7.75. The highest BCUT2D eigenvalue weighted by Crippen LogP contribution is 2.41. The first-order chi connectivity index (χ1) is 14.0. The van der Waals surface area contributed by atoms with Gasteiger partial charge < -0.3 is 10.4 Å². The van der Waals surface area contributed by atoms with E-state index in [1.165, 1.54) is 44.4 Å². The van der Waals surface area contributed by atoms with Gasteiger partial charge in [-0.15, -0.1) is 28.2 Å². The fourth-order valence-corrected chi connectivity index (χ4v) is 6.12. The first-order valence-corrected chi connectivity index (χ1v) is 11.4. The quantitative estimate of drug-likeness (QED) is 0.451. The normalized spacial score (nSPS) is 21.0. The summed E-state index contributed by atoms with van der Waals surface area (Å²) in [5, 5.41) is 25.6. The Hall–Kier alpha value is -2.38. The van der Waals surface area contributed by atoms with Crippen molar-refractivity contribution in [3.8, 4) is 0 Å². The van der Waals surface area contributed by atoms with Crippen LogP contribution in [0.5, 0.6) is 0 Å². The summed E-state index contributed by atoms with van der Waals surface area (Å²) < 4.78 is 1.50. The number of carbonyl (C=O) groups is 3. The minimum Gasteiger partial charge on any atom is -0.477 e. The lowest BCUT2D eigenvalue weighted by atomic mass is 10.0. The van der Waals surface area contributed by atoms with Gasteiger partial charge in [0, 0.05) is 23.4 Å². The van der Waals surface area contributed by atoms with Gasteiger partial charge in [0.15, 0.2) is 0 Å². The summed E-state index contributed by atoms with van der Waals surface area (Å²) in [5.41, 5.74) is 0.619. The molecule has 4 rings (SSSR count).